The van der Waals surface area contributed by atoms with Crippen molar-refractivity contribution in [1.29, 1.82) is 5.26 Å². The van der Waals surface area contributed by atoms with Crippen LogP contribution in [0.3, 0.4) is 0 Å². The van der Waals surface area contributed by atoms with Gasteiger partial charge in [0.15, 0.2) is 0 Å². The Morgan fingerprint density at radius 3 is 2.44 bits per heavy atom. The maximum atomic E-state index is 8.33. The topological polar surface area (TPSA) is 23.8 Å². The van der Waals surface area contributed by atoms with Crippen molar-refractivity contribution in [3.05, 3.63) is 30.3 Å². The molecule has 1 rings (SSSR count). The van der Waals surface area contributed by atoms with Crippen molar-refractivity contribution >= 4 is 20.1 Å². The molecule has 0 heterocycles. The van der Waals surface area contributed by atoms with Crippen molar-refractivity contribution in [1.82, 2.24) is 0 Å². The first-order valence-electron chi connectivity index (χ1n) is 2.63. The van der Waals surface area contributed by atoms with E-state index < -0.39 is 15.8 Å². The van der Waals surface area contributed by atoms with Gasteiger partial charge in [0, 0.05) is 0 Å². The van der Waals surface area contributed by atoms with Gasteiger partial charge in [0.2, 0.25) is 0 Å². The third kappa shape index (κ3) is 1.91. The van der Waals surface area contributed by atoms with Crippen LogP contribution in [0.5, 0.6) is 0 Å². The molecule has 9 heavy (non-hydrogen) atoms. The second-order valence-corrected chi connectivity index (χ2v) is 3.81. The molecule has 1 nitrogen and oxygen atoms in total. The zero-order valence-electron chi connectivity index (χ0n) is 4.83. The molecule has 0 aliphatic carbocycles. The first kappa shape index (κ1) is 6.39. The van der Waals surface area contributed by atoms with Gasteiger partial charge < -0.3 is 0 Å². The Morgan fingerprint density at radius 1 is 1.22 bits per heavy atom. The van der Waals surface area contributed by atoms with E-state index in [2.05, 4.69) is 4.86 Å². The van der Waals surface area contributed by atoms with E-state index in [1.54, 1.807) is 0 Å². The molecule has 0 spiro atoms. The molecule has 0 saturated carbocycles. The Morgan fingerprint density at radius 2 is 1.89 bits per heavy atom. The van der Waals surface area contributed by atoms with Crippen LogP contribution in [0.25, 0.3) is 0 Å². The summed E-state index contributed by atoms with van der Waals surface area (Å²) in [5.41, 5.74) is 0. The van der Waals surface area contributed by atoms with Crippen molar-refractivity contribution in [2.75, 3.05) is 0 Å². The predicted octanol–water partition coefficient (Wildman–Crippen LogP) is 0.229. The summed E-state index contributed by atoms with van der Waals surface area (Å²) in [4.78, 5) is 2.21. The summed E-state index contributed by atoms with van der Waals surface area (Å²) >= 11 is -0.484. The maximum absolute atomic E-state index is 8.33. The van der Waals surface area contributed by atoms with E-state index in [0.717, 1.165) is 0 Å². The first-order chi connectivity index (χ1) is 4.43. The minimum atomic E-state index is -0.484. The number of hydrogen-bond donors (Lipinski definition) is 0. The Balaban J connectivity index is 2.76. The van der Waals surface area contributed by atoms with Crippen LogP contribution in [0.4, 0.5) is 0 Å². The predicted molar refractivity (Wildman–Crippen MR) is 38.8 cm³/mol. The van der Waals surface area contributed by atoms with Gasteiger partial charge in [-0.2, -0.15) is 0 Å². The zero-order chi connectivity index (χ0) is 6.53. The fraction of sp³-hybridized carbons (Fsp3) is 0. The van der Waals surface area contributed by atoms with Crippen molar-refractivity contribution in [3.8, 4) is 4.86 Å². The van der Waals surface area contributed by atoms with Crippen LogP contribution in [-0.4, -0.2) is 15.8 Å². The van der Waals surface area contributed by atoms with Gasteiger partial charge in [-0.1, -0.05) is 0 Å². The molecular formula is C7H6AsN. The third-order valence-electron chi connectivity index (χ3n) is 0.974. The summed E-state index contributed by atoms with van der Waals surface area (Å²) < 4.78 is 1.21. The molecule has 1 aromatic rings. The summed E-state index contributed by atoms with van der Waals surface area (Å²) in [5.74, 6) is 0. The quantitative estimate of drug-likeness (QED) is 0.566. The summed E-state index contributed by atoms with van der Waals surface area (Å²) in [5, 5.41) is 8.33. The molecule has 0 fully saturated rings. The molecule has 0 saturated heterocycles. The van der Waals surface area contributed by atoms with Crippen LogP contribution in [0, 0.1) is 10.1 Å². The number of benzene rings is 1. The molecule has 1 atom stereocenters. The molecule has 0 aliphatic heterocycles. The van der Waals surface area contributed by atoms with Gasteiger partial charge in [-0.05, 0) is 0 Å². The van der Waals surface area contributed by atoms with Crippen LogP contribution < -0.4 is 4.35 Å². The van der Waals surface area contributed by atoms with E-state index >= 15 is 0 Å². The second-order valence-electron chi connectivity index (χ2n) is 1.60. The number of nitrogens with zero attached hydrogens (tertiary/aromatic N) is 1. The van der Waals surface area contributed by atoms with Crippen LogP contribution in [0.1, 0.15) is 0 Å². The van der Waals surface area contributed by atoms with Crippen molar-refractivity contribution in [3.63, 3.8) is 0 Å². The number of rotatable bonds is 1. The van der Waals surface area contributed by atoms with E-state index in [4.69, 9.17) is 5.26 Å². The van der Waals surface area contributed by atoms with Gasteiger partial charge in [0.1, 0.15) is 0 Å². The Hall–Kier alpha value is -0.732. The Kier molecular flexibility index (Phi) is 2.36. The molecule has 1 unspecified atom stereocenters. The summed E-state index contributed by atoms with van der Waals surface area (Å²) in [6, 6.07) is 9.91. The molecule has 0 aromatic heterocycles. The molecule has 44 valence electrons. The Labute approximate surface area is 61.0 Å². The standard InChI is InChI=1S/C7H6AsN/c9-6-8-7-4-2-1-3-5-7/h1-5,8H. The van der Waals surface area contributed by atoms with E-state index in [1.807, 2.05) is 30.3 Å². The SMILES string of the molecule is N#C[AsH]c1ccccc1. The molecule has 0 radical (unpaired) electrons. The molecule has 2 heteroatoms. The van der Waals surface area contributed by atoms with Crippen LogP contribution >= 0.6 is 0 Å². The van der Waals surface area contributed by atoms with E-state index in [1.165, 1.54) is 4.35 Å². The minimum absolute atomic E-state index is 0.484. The molecule has 0 aliphatic rings. The molecule has 0 N–H and O–H groups in total. The molecule has 0 amide bonds. The van der Waals surface area contributed by atoms with Crippen molar-refractivity contribution in [2.24, 2.45) is 0 Å². The first-order valence-corrected chi connectivity index (χ1v) is 4.73. The molecular weight excluding hydrogens is 173 g/mol. The Bertz CT molecular complexity index is 212. The summed E-state index contributed by atoms with van der Waals surface area (Å²) in [7, 11) is 0. The summed E-state index contributed by atoms with van der Waals surface area (Å²) in [6.45, 7) is 0. The fourth-order valence-electron chi connectivity index (χ4n) is 0.586. The second kappa shape index (κ2) is 3.32. The van der Waals surface area contributed by atoms with Crippen LogP contribution in [0.15, 0.2) is 30.3 Å². The van der Waals surface area contributed by atoms with E-state index in [0.29, 0.717) is 0 Å². The van der Waals surface area contributed by atoms with Crippen molar-refractivity contribution < 1.29 is 0 Å². The zero-order valence-corrected chi connectivity index (χ0v) is 6.93. The monoisotopic (exact) mass is 179 g/mol. The van der Waals surface area contributed by atoms with Crippen LogP contribution in [-0.2, 0) is 0 Å². The van der Waals surface area contributed by atoms with Crippen molar-refractivity contribution in [2.45, 2.75) is 0 Å². The van der Waals surface area contributed by atoms with Gasteiger partial charge in [0.05, 0.1) is 0 Å². The van der Waals surface area contributed by atoms with E-state index in [9.17, 15) is 0 Å². The van der Waals surface area contributed by atoms with Gasteiger partial charge in [-0.15, -0.1) is 0 Å². The average Bonchev–Trinajstić information content (AvgIpc) is 1.91. The average molecular weight is 179 g/mol. The van der Waals surface area contributed by atoms with Gasteiger partial charge in [-0.25, -0.2) is 0 Å². The number of nitriles is 1. The summed E-state index contributed by atoms with van der Waals surface area (Å²) in [6.07, 6.45) is 0. The fourth-order valence-corrected chi connectivity index (χ4v) is 1.61. The molecule has 0 bridgehead atoms. The molecule has 1 aromatic carbocycles. The normalized spacial score (nSPS) is 9.67. The number of hydrogen-bond acceptors (Lipinski definition) is 1. The van der Waals surface area contributed by atoms with Gasteiger partial charge in [-0.3, -0.25) is 0 Å². The van der Waals surface area contributed by atoms with Gasteiger partial charge >= 0.3 is 60.6 Å². The van der Waals surface area contributed by atoms with E-state index in [-0.39, 0.29) is 0 Å². The van der Waals surface area contributed by atoms with Gasteiger partial charge in [0.25, 0.3) is 0 Å². The van der Waals surface area contributed by atoms with Crippen LogP contribution in [0.2, 0.25) is 0 Å². The third-order valence-corrected chi connectivity index (χ3v) is 2.51.